The maximum atomic E-state index is 13.6. The van der Waals surface area contributed by atoms with Crippen LogP contribution >= 0.6 is 11.6 Å². The number of nitrogens with zero attached hydrogens (tertiary/aromatic N) is 1. The first-order valence-corrected chi connectivity index (χ1v) is 12.8. The van der Waals surface area contributed by atoms with Gasteiger partial charge in [-0.2, -0.15) is 0 Å². The van der Waals surface area contributed by atoms with Gasteiger partial charge in [0.25, 0.3) is 0 Å². The Hall–Kier alpha value is -3.51. The number of ether oxygens (including phenoxy) is 2. The van der Waals surface area contributed by atoms with Crippen molar-refractivity contribution in [3.05, 3.63) is 94.5 Å². The second-order valence-corrected chi connectivity index (χ2v) is 9.62. The highest BCUT2D eigenvalue weighted by Gasteiger charge is 2.31. The quantitative estimate of drug-likeness (QED) is 0.350. The Morgan fingerprint density at radius 3 is 2.14 bits per heavy atom. The summed E-state index contributed by atoms with van der Waals surface area (Å²) in [4.78, 5) is 28.7. The number of amides is 2. The fraction of sp³-hybridized carbons (Fsp3) is 0.333. The minimum atomic E-state index is -0.668. The van der Waals surface area contributed by atoms with Gasteiger partial charge in [-0.15, -0.1) is 0 Å². The van der Waals surface area contributed by atoms with Crippen molar-refractivity contribution in [1.29, 1.82) is 0 Å². The van der Waals surface area contributed by atoms with Crippen LogP contribution in [0, 0.1) is 5.92 Å². The number of rotatable bonds is 12. The third kappa shape index (κ3) is 7.99. The molecule has 3 aromatic rings. The van der Waals surface area contributed by atoms with Gasteiger partial charge in [0.1, 0.15) is 6.04 Å². The van der Waals surface area contributed by atoms with Crippen LogP contribution < -0.4 is 14.8 Å². The molecule has 3 rings (SSSR count). The summed E-state index contributed by atoms with van der Waals surface area (Å²) in [5, 5.41) is 3.69. The fourth-order valence-corrected chi connectivity index (χ4v) is 4.25. The zero-order valence-electron chi connectivity index (χ0n) is 21.9. The maximum Gasteiger partial charge on any atom is 0.243 e. The van der Waals surface area contributed by atoms with E-state index in [1.807, 2.05) is 74.5 Å². The third-order valence-electron chi connectivity index (χ3n) is 6.15. The lowest BCUT2D eigenvalue weighted by atomic mass is 10.0. The van der Waals surface area contributed by atoms with Gasteiger partial charge >= 0.3 is 0 Å². The largest absolute Gasteiger partial charge is 0.493 e. The summed E-state index contributed by atoms with van der Waals surface area (Å²) < 4.78 is 10.7. The number of carbonyl (C=O) groups is 2. The van der Waals surface area contributed by atoms with E-state index in [1.165, 1.54) is 0 Å². The average molecular weight is 523 g/mol. The van der Waals surface area contributed by atoms with Crippen molar-refractivity contribution in [2.24, 2.45) is 5.92 Å². The van der Waals surface area contributed by atoms with Gasteiger partial charge < -0.3 is 19.7 Å². The van der Waals surface area contributed by atoms with Gasteiger partial charge in [0.2, 0.25) is 11.8 Å². The molecule has 0 aliphatic rings. The first-order chi connectivity index (χ1) is 17.8. The van der Waals surface area contributed by atoms with Crippen molar-refractivity contribution in [1.82, 2.24) is 10.2 Å². The lowest BCUT2D eigenvalue weighted by Crippen LogP contribution is -2.51. The second kappa shape index (κ2) is 13.7. The zero-order valence-corrected chi connectivity index (χ0v) is 22.6. The van der Waals surface area contributed by atoms with Crippen LogP contribution in [-0.4, -0.2) is 43.5 Å². The Bertz CT molecular complexity index is 1170. The smallest absolute Gasteiger partial charge is 0.243 e. The highest BCUT2D eigenvalue weighted by molar-refractivity contribution is 6.30. The van der Waals surface area contributed by atoms with E-state index in [0.717, 1.165) is 16.7 Å². The number of benzene rings is 3. The number of carbonyl (C=O) groups excluding carboxylic acids is 2. The molecule has 3 aromatic carbocycles. The fourth-order valence-electron chi connectivity index (χ4n) is 4.13. The van der Waals surface area contributed by atoms with Crippen LogP contribution in [-0.2, 0) is 29.0 Å². The second-order valence-electron chi connectivity index (χ2n) is 9.18. The van der Waals surface area contributed by atoms with Crippen molar-refractivity contribution in [2.75, 3.05) is 20.8 Å². The van der Waals surface area contributed by atoms with Crippen molar-refractivity contribution >= 4 is 23.4 Å². The van der Waals surface area contributed by atoms with Gasteiger partial charge in [0, 0.05) is 30.5 Å². The molecule has 0 unspecified atom stereocenters. The maximum absolute atomic E-state index is 13.6. The molecule has 0 saturated carbocycles. The Morgan fingerprint density at radius 2 is 1.51 bits per heavy atom. The molecule has 0 spiro atoms. The summed E-state index contributed by atoms with van der Waals surface area (Å²) in [7, 11) is 3.19. The van der Waals surface area contributed by atoms with Gasteiger partial charge in [-0.1, -0.05) is 74.0 Å². The van der Waals surface area contributed by atoms with E-state index in [4.69, 9.17) is 21.1 Å². The number of hydrogen-bond donors (Lipinski definition) is 1. The summed E-state index contributed by atoms with van der Waals surface area (Å²) in [5.41, 5.74) is 2.91. The van der Waals surface area contributed by atoms with E-state index in [1.54, 1.807) is 31.3 Å². The van der Waals surface area contributed by atoms with E-state index in [0.29, 0.717) is 42.5 Å². The molecule has 0 aliphatic carbocycles. The van der Waals surface area contributed by atoms with Crippen molar-refractivity contribution in [3.63, 3.8) is 0 Å². The minimum Gasteiger partial charge on any atom is -0.493 e. The molecule has 7 heteroatoms. The summed E-state index contributed by atoms with van der Waals surface area (Å²) in [6.45, 7) is 4.44. The molecular formula is C30H35ClN2O4. The number of hydrogen-bond acceptors (Lipinski definition) is 4. The molecular weight excluding hydrogens is 488 g/mol. The summed E-state index contributed by atoms with van der Waals surface area (Å²) in [5.74, 6) is 0.775. The number of methoxy groups -OCH3 is 2. The van der Waals surface area contributed by atoms with Gasteiger partial charge in [0.05, 0.1) is 14.2 Å². The molecule has 0 aromatic heterocycles. The summed E-state index contributed by atoms with van der Waals surface area (Å²) >= 11 is 6.07. The molecule has 0 saturated heterocycles. The van der Waals surface area contributed by atoms with Crippen LogP contribution in [0.25, 0.3) is 0 Å². The van der Waals surface area contributed by atoms with E-state index >= 15 is 0 Å². The van der Waals surface area contributed by atoms with Crippen LogP contribution in [0.2, 0.25) is 5.02 Å². The topological polar surface area (TPSA) is 67.9 Å². The van der Waals surface area contributed by atoms with E-state index in [-0.39, 0.29) is 17.7 Å². The van der Waals surface area contributed by atoms with Crippen LogP contribution in [0.3, 0.4) is 0 Å². The van der Waals surface area contributed by atoms with Crippen molar-refractivity contribution in [2.45, 2.75) is 39.3 Å². The molecule has 2 amide bonds. The van der Waals surface area contributed by atoms with E-state index in [9.17, 15) is 9.59 Å². The Kier molecular flexibility index (Phi) is 10.4. The molecule has 196 valence electrons. The first-order valence-electron chi connectivity index (χ1n) is 12.4. The highest BCUT2D eigenvalue weighted by Crippen LogP contribution is 2.27. The molecule has 1 N–H and O–H groups in total. The molecule has 6 nitrogen and oxygen atoms in total. The van der Waals surface area contributed by atoms with Gasteiger partial charge in [0.15, 0.2) is 11.5 Å². The lowest BCUT2D eigenvalue weighted by molar-refractivity contribution is -0.143. The van der Waals surface area contributed by atoms with E-state index < -0.39 is 6.04 Å². The zero-order chi connectivity index (χ0) is 26.8. The van der Waals surface area contributed by atoms with E-state index in [2.05, 4.69) is 5.32 Å². The molecule has 0 bridgehead atoms. The Morgan fingerprint density at radius 1 is 0.865 bits per heavy atom. The molecule has 0 fully saturated rings. The molecule has 0 heterocycles. The van der Waals surface area contributed by atoms with Crippen LogP contribution in [0.4, 0.5) is 0 Å². The standard InChI is InChI=1S/C30H35ClN2O4/c1-21(2)30(35)33(20-24-10-13-25(31)14-11-24)26(18-22-8-6-5-7-9-22)29(34)32-17-16-23-12-15-27(36-3)28(19-23)37-4/h5-15,19,21,26H,16-18,20H2,1-4H3,(H,32,34)/t26-/m0/s1. The van der Waals surface area contributed by atoms with Gasteiger partial charge in [-0.05, 0) is 47.4 Å². The average Bonchev–Trinajstić information content (AvgIpc) is 2.91. The number of halogens is 1. The van der Waals surface area contributed by atoms with Crippen molar-refractivity contribution in [3.8, 4) is 11.5 Å². The minimum absolute atomic E-state index is 0.0779. The lowest BCUT2D eigenvalue weighted by Gasteiger charge is -2.33. The predicted octanol–water partition coefficient (Wildman–Crippen LogP) is 5.31. The monoisotopic (exact) mass is 522 g/mol. The SMILES string of the molecule is COc1ccc(CCNC(=O)[C@H](Cc2ccccc2)N(Cc2ccc(Cl)cc2)C(=O)C(C)C)cc1OC. The predicted molar refractivity (Wildman–Crippen MR) is 147 cm³/mol. The molecule has 0 radical (unpaired) electrons. The van der Waals surface area contributed by atoms with Crippen LogP contribution in [0.5, 0.6) is 11.5 Å². The Balaban J connectivity index is 1.81. The van der Waals surface area contributed by atoms with Crippen LogP contribution in [0.15, 0.2) is 72.8 Å². The highest BCUT2D eigenvalue weighted by atomic mass is 35.5. The molecule has 37 heavy (non-hydrogen) atoms. The van der Waals surface area contributed by atoms with Crippen molar-refractivity contribution < 1.29 is 19.1 Å². The van der Waals surface area contributed by atoms with Crippen LogP contribution in [0.1, 0.15) is 30.5 Å². The number of nitrogens with one attached hydrogen (secondary N) is 1. The van der Waals surface area contributed by atoms with Gasteiger partial charge in [-0.25, -0.2) is 0 Å². The third-order valence-corrected chi connectivity index (χ3v) is 6.41. The summed E-state index contributed by atoms with van der Waals surface area (Å²) in [6, 6.07) is 22.2. The molecule has 0 aliphatic heterocycles. The first kappa shape index (κ1) is 28.1. The normalized spacial score (nSPS) is 11.6. The van der Waals surface area contributed by atoms with Gasteiger partial charge in [-0.3, -0.25) is 9.59 Å². The molecule has 1 atom stereocenters. The Labute approximate surface area is 224 Å². The summed E-state index contributed by atoms with van der Waals surface area (Å²) in [6.07, 6.45) is 1.02.